The van der Waals surface area contributed by atoms with Crippen molar-refractivity contribution < 1.29 is 4.74 Å². The Hall–Kier alpha value is -0.870. The predicted octanol–water partition coefficient (Wildman–Crippen LogP) is 3.01. The first-order chi connectivity index (χ1) is 9.18. The minimum atomic E-state index is 0.325. The third kappa shape index (κ3) is 2.32. The molecule has 1 aliphatic carbocycles. The van der Waals surface area contributed by atoms with Gasteiger partial charge in [-0.3, -0.25) is 0 Å². The van der Waals surface area contributed by atoms with Gasteiger partial charge in [0.2, 0.25) is 0 Å². The molecule has 19 heavy (non-hydrogen) atoms. The Balaban J connectivity index is 1.99. The Morgan fingerprint density at radius 2 is 2.21 bits per heavy atom. The highest BCUT2D eigenvalue weighted by Crippen LogP contribution is 2.37. The molecule has 0 spiro atoms. The minimum absolute atomic E-state index is 0.325. The zero-order chi connectivity index (χ0) is 13.4. The smallest absolute Gasteiger partial charge is 0.138 e. The van der Waals surface area contributed by atoms with E-state index in [1.165, 1.54) is 12.8 Å². The van der Waals surface area contributed by atoms with Gasteiger partial charge in [-0.25, -0.2) is 9.97 Å². The molecule has 0 amide bonds. The molecule has 0 aromatic carbocycles. The Labute approximate surface area is 119 Å². The second-order valence-electron chi connectivity index (χ2n) is 5.66. The first-order valence-corrected chi connectivity index (χ1v) is 7.45. The molecule has 0 bridgehead atoms. The number of nitrogens with zero attached hydrogens (tertiary/aromatic N) is 3. The van der Waals surface area contributed by atoms with Gasteiger partial charge in [0.25, 0.3) is 0 Å². The van der Waals surface area contributed by atoms with Crippen LogP contribution in [0.15, 0.2) is 6.33 Å². The maximum absolute atomic E-state index is 6.28. The van der Waals surface area contributed by atoms with E-state index in [1.54, 1.807) is 6.33 Å². The first-order valence-electron chi connectivity index (χ1n) is 7.07. The third-order valence-electron chi connectivity index (χ3n) is 4.15. The molecule has 0 N–H and O–H groups in total. The molecule has 2 heterocycles. The van der Waals surface area contributed by atoms with E-state index >= 15 is 0 Å². The van der Waals surface area contributed by atoms with Gasteiger partial charge in [0.05, 0.1) is 18.8 Å². The highest BCUT2D eigenvalue weighted by Gasteiger charge is 2.38. The molecule has 0 radical (unpaired) electrons. The van der Waals surface area contributed by atoms with Crippen LogP contribution >= 0.6 is 11.6 Å². The van der Waals surface area contributed by atoms with Crippen LogP contribution in [-0.4, -0.2) is 35.3 Å². The van der Waals surface area contributed by atoms with Crippen molar-refractivity contribution in [2.75, 3.05) is 18.1 Å². The highest BCUT2D eigenvalue weighted by atomic mass is 35.5. The molecule has 1 aromatic rings. The molecule has 104 valence electrons. The summed E-state index contributed by atoms with van der Waals surface area (Å²) in [6.07, 6.45) is 5.52. The van der Waals surface area contributed by atoms with E-state index in [9.17, 15) is 0 Å². The minimum Gasteiger partial charge on any atom is -0.374 e. The van der Waals surface area contributed by atoms with Crippen LogP contribution in [0.3, 0.4) is 0 Å². The molecule has 4 nitrogen and oxygen atoms in total. The van der Waals surface area contributed by atoms with Gasteiger partial charge in [-0.2, -0.15) is 0 Å². The SMILES string of the molecule is CC(C)c1c(Cl)ncnc1N1CCOC2CCCC21. The van der Waals surface area contributed by atoms with Crippen molar-refractivity contribution in [3.05, 3.63) is 17.0 Å². The summed E-state index contributed by atoms with van der Waals surface area (Å²) in [5, 5.41) is 0.584. The number of hydrogen-bond donors (Lipinski definition) is 0. The van der Waals surface area contributed by atoms with Gasteiger partial charge < -0.3 is 9.64 Å². The average molecular weight is 282 g/mol. The van der Waals surface area contributed by atoms with Crippen molar-refractivity contribution in [3.8, 4) is 0 Å². The van der Waals surface area contributed by atoms with Crippen LogP contribution in [0.1, 0.15) is 44.6 Å². The van der Waals surface area contributed by atoms with Crippen molar-refractivity contribution in [1.82, 2.24) is 9.97 Å². The van der Waals surface area contributed by atoms with Gasteiger partial charge in [-0.1, -0.05) is 25.4 Å². The molecule has 2 atom stereocenters. The van der Waals surface area contributed by atoms with Crippen LogP contribution in [0.5, 0.6) is 0 Å². The van der Waals surface area contributed by atoms with Crippen LogP contribution in [-0.2, 0) is 4.74 Å². The second-order valence-corrected chi connectivity index (χ2v) is 6.02. The Bertz CT molecular complexity index is 466. The van der Waals surface area contributed by atoms with Gasteiger partial charge in [0.15, 0.2) is 0 Å². The van der Waals surface area contributed by atoms with E-state index in [0.717, 1.165) is 31.0 Å². The fourth-order valence-corrected chi connectivity index (χ4v) is 3.63. The van der Waals surface area contributed by atoms with Gasteiger partial charge in [0.1, 0.15) is 17.3 Å². The summed E-state index contributed by atoms with van der Waals surface area (Å²) < 4.78 is 5.87. The topological polar surface area (TPSA) is 38.2 Å². The number of anilines is 1. The first kappa shape index (κ1) is 13.1. The third-order valence-corrected chi connectivity index (χ3v) is 4.45. The molecule has 1 aromatic heterocycles. The van der Waals surface area contributed by atoms with Crippen molar-refractivity contribution >= 4 is 17.4 Å². The number of rotatable bonds is 2. The number of ether oxygens (including phenoxy) is 1. The van der Waals surface area contributed by atoms with E-state index in [1.807, 2.05) is 0 Å². The van der Waals surface area contributed by atoms with E-state index in [-0.39, 0.29) is 0 Å². The second kappa shape index (κ2) is 5.25. The molecular formula is C14H20ClN3O. The summed E-state index contributed by atoms with van der Waals surface area (Å²) in [4.78, 5) is 11.1. The molecular weight excluding hydrogens is 262 g/mol. The van der Waals surface area contributed by atoms with Crippen LogP contribution in [0, 0.1) is 0 Å². The number of hydrogen-bond acceptors (Lipinski definition) is 4. The molecule has 1 saturated carbocycles. The van der Waals surface area contributed by atoms with Crippen molar-refractivity contribution in [1.29, 1.82) is 0 Å². The molecule has 2 aliphatic rings. The highest BCUT2D eigenvalue weighted by molar-refractivity contribution is 6.30. The van der Waals surface area contributed by atoms with Gasteiger partial charge in [0, 0.05) is 12.1 Å². The maximum Gasteiger partial charge on any atom is 0.138 e. The zero-order valence-corrected chi connectivity index (χ0v) is 12.2. The van der Waals surface area contributed by atoms with Crippen LogP contribution in [0.25, 0.3) is 0 Å². The van der Waals surface area contributed by atoms with Crippen molar-refractivity contribution in [3.63, 3.8) is 0 Å². The van der Waals surface area contributed by atoms with Crippen molar-refractivity contribution in [2.24, 2.45) is 0 Å². The number of morpholine rings is 1. The lowest BCUT2D eigenvalue weighted by atomic mass is 10.0. The van der Waals surface area contributed by atoms with E-state index in [2.05, 4.69) is 28.7 Å². The number of fused-ring (bicyclic) bond motifs is 1. The maximum atomic E-state index is 6.28. The van der Waals surface area contributed by atoms with E-state index in [0.29, 0.717) is 23.2 Å². The summed E-state index contributed by atoms with van der Waals surface area (Å²) in [6, 6.07) is 0.456. The molecule has 5 heteroatoms. The Morgan fingerprint density at radius 1 is 1.37 bits per heavy atom. The Morgan fingerprint density at radius 3 is 3.00 bits per heavy atom. The quantitative estimate of drug-likeness (QED) is 0.781. The number of halogens is 1. The van der Waals surface area contributed by atoms with Gasteiger partial charge in [-0.15, -0.1) is 0 Å². The van der Waals surface area contributed by atoms with Crippen LogP contribution in [0.4, 0.5) is 5.82 Å². The molecule has 3 rings (SSSR count). The van der Waals surface area contributed by atoms with Gasteiger partial charge in [-0.05, 0) is 25.2 Å². The van der Waals surface area contributed by atoms with Crippen LogP contribution in [0.2, 0.25) is 5.15 Å². The summed E-state index contributed by atoms with van der Waals surface area (Å²) in [5.41, 5.74) is 1.07. The summed E-state index contributed by atoms with van der Waals surface area (Å²) in [5.74, 6) is 1.33. The zero-order valence-electron chi connectivity index (χ0n) is 11.5. The standard InChI is InChI=1S/C14H20ClN3O/c1-9(2)12-13(15)16-8-17-14(12)18-6-7-19-11-5-3-4-10(11)18/h8-11H,3-7H2,1-2H3. The molecule has 1 aliphatic heterocycles. The molecule has 1 saturated heterocycles. The fourth-order valence-electron chi connectivity index (χ4n) is 3.28. The van der Waals surface area contributed by atoms with Gasteiger partial charge >= 0.3 is 0 Å². The monoisotopic (exact) mass is 281 g/mol. The van der Waals surface area contributed by atoms with E-state index in [4.69, 9.17) is 16.3 Å². The lowest BCUT2D eigenvalue weighted by Crippen LogP contribution is -2.49. The lowest BCUT2D eigenvalue weighted by Gasteiger charge is -2.39. The summed E-state index contributed by atoms with van der Waals surface area (Å²) >= 11 is 6.28. The number of aromatic nitrogens is 2. The predicted molar refractivity (Wildman–Crippen MR) is 75.9 cm³/mol. The summed E-state index contributed by atoms with van der Waals surface area (Å²) in [6.45, 7) is 5.95. The average Bonchev–Trinajstić information content (AvgIpc) is 2.85. The van der Waals surface area contributed by atoms with E-state index < -0.39 is 0 Å². The van der Waals surface area contributed by atoms with Crippen molar-refractivity contribution in [2.45, 2.75) is 51.2 Å². The largest absolute Gasteiger partial charge is 0.374 e. The van der Waals surface area contributed by atoms with Crippen LogP contribution < -0.4 is 4.90 Å². The summed E-state index contributed by atoms with van der Waals surface area (Å²) in [7, 11) is 0. The Kier molecular flexibility index (Phi) is 3.63. The normalized spacial score (nSPS) is 26.8. The molecule has 2 unspecified atom stereocenters. The molecule has 2 fully saturated rings. The fraction of sp³-hybridized carbons (Fsp3) is 0.714. The lowest BCUT2D eigenvalue weighted by molar-refractivity contribution is 0.0252.